The van der Waals surface area contributed by atoms with E-state index < -0.39 is 39.0 Å². The van der Waals surface area contributed by atoms with Crippen LogP contribution in [0.5, 0.6) is 0 Å². The van der Waals surface area contributed by atoms with Crippen LogP contribution in [0.3, 0.4) is 0 Å². The molecule has 0 aliphatic rings. The smallest absolute Gasteiger partial charge is 0.849 e. The maximum Gasteiger partial charge on any atom is 1.00 e. The fraction of sp³-hybridized carbons (Fsp3) is 0.800. The summed E-state index contributed by atoms with van der Waals surface area (Å²) >= 11 is 0. The van der Waals surface area contributed by atoms with Crippen LogP contribution in [0, 0.1) is 0 Å². The molecule has 0 bridgehead atoms. The second-order valence-corrected chi connectivity index (χ2v) is 3.65. The Hall–Kier alpha value is 0.660. The molecule has 8 nitrogen and oxygen atoms in total. The summed E-state index contributed by atoms with van der Waals surface area (Å²) in [5, 5.41) is 27.7. The Morgan fingerprint density at radius 3 is 2.20 bits per heavy atom. The van der Waals surface area contributed by atoms with Crippen molar-refractivity contribution < 1.29 is 68.5 Å². The van der Waals surface area contributed by atoms with Crippen LogP contribution < -0.4 is 34.7 Å². The third-order valence-electron chi connectivity index (χ3n) is 1.25. The molecule has 0 saturated carbocycles. The zero-order valence-corrected chi connectivity index (χ0v) is 10.8. The van der Waals surface area contributed by atoms with Gasteiger partial charge in [0.2, 0.25) is 0 Å². The summed E-state index contributed by atoms with van der Waals surface area (Å²) in [6, 6.07) is 0. The van der Waals surface area contributed by atoms with Crippen LogP contribution in [0.15, 0.2) is 0 Å². The fourth-order valence-corrected chi connectivity index (χ4v) is 0.911. The van der Waals surface area contributed by atoms with Gasteiger partial charge in [-0.25, -0.2) is 4.57 Å². The summed E-state index contributed by atoms with van der Waals surface area (Å²) in [6.45, 7) is -2.16. The predicted molar refractivity (Wildman–Crippen MR) is 39.9 cm³/mol. The van der Waals surface area contributed by atoms with Crippen molar-refractivity contribution >= 4 is 13.6 Å². The Morgan fingerprint density at radius 2 is 1.87 bits per heavy atom. The molecule has 4 N–H and O–H groups in total. The summed E-state index contributed by atoms with van der Waals surface area (Å²) in [4.78, 5) is 26.9. The largest absolute Gasteiger partial charge is 1.00 e. The first-order chi connectivity index (χ1) is 6.28. The van der Waals surface area contributed by atoms with Crippen LogP contribution in [0.4, 0.5) is 0 Å². The molecule has 10 heteroatoms. The van der Waals surface area contributed by atoms with Gasteiger partial charge in [-0.15, -0.1) is 0 Å². The van der Waals surface area contributed by atoms with Gasteiger partial charge in [-0.1, -0.05) is 6.61 Å². The van der Waals surface area contributed by atoms with Gasteiger partial charge >= 0.3 is 37.4 Å². The van der Waals surface area contributed by atoms with E-state index in [-0.39, 0.29) is 29.6 Å². The Bertz CT molecular complexity index is 239. The first-order valence-corrected chi connectivity index (χ1v) is 4.98. The number of carbonyl (C=O) groups excluding carboxylic acids is 1. The maximum absolute atomic E-state index is 10.5. The van der Waals surface area contributed by atoms with Gasteiger partial charge in [-0.05, 0) is 0 Å². The van der Waals surface area contributed by atoms with Crippen LogP contribution in [-0.4, -0.2) is 51.2 Å². The molecule has 15 heavy (non-hydrogen) atoms. The van der Waals surface area contributed by atoms with Crippen LogP contribution >= 0.6 is 7.82 Å². The summed E-state index contributed by atoms with van der Waals surface area (Å²) in [7, 11) is -4.76. The van der Waals surface area contributed by atoms with E-state index in [1.54, 1.807) is 0 Å². The Morgan fingerprint density at radius 1 is 1.40 bits per heavy atom. The summed E-state index contributed by atoms with van der Waals surface area (Å²) in [5.41, 5.74) is 0. The standard InChI is InChI=1S/C5H10O8P.Na/c6-1-3(7)5(9)4(8)2-13-14(10,11)12;/h4-5,8-9H,1-2H2,(H2,10,11,12);/q-1;+1/t4-,5-;/m1./s1. The van der Waals surface area contributed by atoms with E-state index in [4.69, 9.17) is 20.0 Å². The fourth-order valence-electron chi connectivity index (χ4n) is 0.565. The number of phosphoric acid groups is 1. The van der Waals surface area contributed by atoms with Gasteiger partial charge < -0.3 is 25.1 Å². The molecule has 0 aliphatic heterocycles. The Balaban J connectivity index is 0. The van der Waals surface area contributed by atoms with Crippen molar-refractivity contribution in [2.45, 2.75) is 12.2 Å². The summed E-state index contributed by atoms with van der Waals surface area (Å²) in [5.74, 6) is -1.17. The third-order valence-corrected chi connectivity index (χ3v) is 1.74. The van der Waals surface area contributed by atoms with Crippen LogP contribution in [0.2, 0.25) is 0 Å². The normalized spacial score (nSPS) is 15.3. The van der Waals surface area contributed by atoms with Gasteiger partial charge in [0.15, 0.2) is 0 Å². The molecular weight excluding hydrogens is 242 g/mol. The minimum absolute atomic E-state index is 0. The van der Waals surface area contributed by atoms with E-state index in [1.165, 1.54) is 0 Å². The zero-order chi connectivity index (χ0) is 11.4. The minimum Gasteiger partial charge on any atom is -0.849 e. The molecule has 0 radical (unpaired) electrons. The van der Waals surface area contributed by atoms with Crippen molar-refractivity contribution in [1.82, 2.24) is 0 Å². The number of aliphatic hydroxyl groups excluding tert-OH is 2. The van der Waals surface area contributed by atoms with Crippen molar-refractivity contribution in [3.63, 3.8) is 0 Å². The van der Waals surface area contributed by atoms with Gasteiger partial charge in [0.05, 0.1) is 6.61 Å². The average Bonchev–Trinajstić information content (AvgIpc) is 2.10. The molecule has 84 valence electrons. The van der Waals surface area contributed by atoms with Crippen LogP contribution in [-0.2, 0) is 13.9 Å². The molecule has 0 aromatic rings. The molecule has 0 aromatic carbocycles. The molecule has 0 amide bonds. The van der Waals surface area contributed by atoms with Crippen molar-refractivity contribution in [3.8, 4) is 0 Å². The van der Waals surface area contributed by atoms with Gasteiger partial charge in [-0.3, -0.25) is 9.32 Å². The molecule has 2 atom stereocenters. The van der Waals surface area contributed by atoms with Crippen LogP contribution in [0.25, 0.3) is 0 Å². The predicted octanol–water partition coefficient (Wildman–Crippen LogP) is -6.25. The van der Waals surface area contributed by atoms with E-state index in [1.807, 2.05) is 0 Å². The molecule has 0 fully saturated rings. The van der Waals surface area contributed by atoms with Crippen molar-refractivity contribution in [2.24, 2.45) is 0 Å². The van der Waals surface area contributed by atoms with Gasteiger partial charge in [0.25, 0.3) is 0 Å². The third kappa shape index (κ3) is 8.47. The number of phosphoric ester groups is 1. The van der Waals surface area contributed by atoms with Crippen molar-refractivity contribution in [1.29, 1.82) is 0 Å². The molecule has 0 heterocycles. The molecule has 0 rings (SSSR count). The van der Waals surface area contributed by atoms with Gasteiger partial charge in [0.1, 0.15) is 18.0 Å². The number of rotatable bonds is 6. The van der Waals surface area contributed by atoms with E-state index in [0.29, 0.717) is 0 Å². The first kappa shape index (κ1) is 18.0. The van der Waals surface area contributed by atoms with Crippen molar-refractivity contribution in [2.75, 3.05) is 13.2 Å². The molecule has 0 spiro atoms. The second-order valence-electron chi connectivity index (χ2n) is 2.41. The Kier molecular flexibility index (Phi) is 9.45. The van der Waals surface area contributed by atoms with Crippen molar-refractivity contribution in [3.05, 3.63) is 0 Å². The van der Waals surface area contributed by atoms with E-state index >= 15 is 0 Å². The Labute approximate surface area is 107 Å². The number of carbonyl (C=O) groups is 1. The second kappa shape index (κ2) is 7.86. The molecule has 0 aliphatic carbocycles. The average molecular weight is 252 g/mol. The number of hydrogen-bond donors (Lipinski definition) is 4. The quantitative estimate of drug-likeness (QED) is 0.269. The minimum atomic E-state index is -4.76. The van der Waals surface area contributed by atoms with Gasteiger partial charge in [0, 0.05) is 0 Å². The number of hydrogen-bond acceptors (Lipinski definition) is 6. The van der Waals surface area contributed by atoms with Crippen LogP contribution in [0.1, 0.15) is 0 Å². The maximum atomic E-state index is 10.5. The SMILES string of the molecule is O=C(C[O-])[C@@H](O)[C@H](O)COP(=O)(O)O.[Na+]. The van der Waals surface area contributed by atoms with E-state index in [9.17, 15) is 14.5 Å². The van der Waals surface area contributed by atoms with E-state index in [2.05, 4.69) is 4.52 Å². The molecule has 0 aromatic heterocycles. The number of ketones is 1. The first-order valence-electron chi connectivity index (χ1n) is 3.45. The summed E-state index contributed by atoms with van der Waals surface area (Å²) < 4.78 is 13.9. The monoisotopic (exact) mass is 252 g/mol. The van der Waals surface area contributed by atoms with Gasteiger partial charge in [-0.2, -0.15) is 0 Å². The summed E-state index contributed by atoms with van der Waals surface area (Å²) in [6.07, 6.45) is -3.82. The topological polar surface area (TPSA) is 147 Å². The molecule has 0 unspecified atom stereocenters. The zero-order valence-electron chi connectivity index (χ0n) is 7.94. The number of Topliss-reactive ketones (excluding diaryl/α,β-unsaturated/α-hetero) is 1. The van der Waals surface area contributed by atoms with E-state index in [0.717, 1.165) is 0 Å². The number of aliphatic hydroxyl groups is 2. The molecule has 0 saturated heterocycles. The molecular formula is C5H10NaO8P.